The predicted molar refractivity (Wildman–Crippen MR) is 30.9 cm³/mol. The zero-order valence-corrected chi connectivity index (χ0v) is 4.76. The van der Waals surface area contributed by atoms with Crippen molar-refractivity contribution < 1.29 is 4.92 Å². The molecule has 2 N–H and O–H groups in total. The highest BCUT2D eigenvalue weighted by atomic mass is 16.6. The predicted octanol–water partition coefficient (Wildman–Crippen LogP) is -0.638. The fourth-order valence-electron chi connectivity index (χ4n) is 0.384. The summed E-state index contributed by atoms with van der Waals surface area (Å²) in [5.41, 5.74) is 5.08. The van der Waals surface area contributed by atoms with Gasteiger partial charge in [-0.25, -0.2) is 0 Å². The molecule has 0 radical (unpaired) electrons. The largest absolute Gasteiger partial charge is 0.493 e. The molecule has 0 bridgehead atoms. The van der Waals surface area contributed by atoms with Gasteiger partial charge in [-0.3, -0.25) is 0 Å². The normalized spacial score (nSPS) is 9.20. The number of nitrogens with zero attached hydrogens (tertiary/aromatic N) is 4. The maximum atomic E-state index is 9.94. The Morgan fingerprint density at radius 3 is 2.80 bits per heavy atom. The van der Waals surface area contributed by atoms with E-state index in [9.17, 15) is 10.1 Å². The third kappa shape index (κ3) is 1.13. The van der Waals surface area contributed by atoms with Crippen molar-refractivity contribution in [3.8, 4) is 0 Å². The van der Waals surface area contributed by atoms with Crippen LogP contribution in [0.4, 0.5) is 11.8 Å². The molecular weight excluding hydrogens is 138 g/mol. The van der Waals surface area contributed by atoms with Crippen LogP contribution in [0.2, 0.25) is 0 Å². The first-order valence-electron chi connectivity index (χ1n) is 2.30. The van der Waals surface area contributed by atoms with Crippen LogP contribution in [-0.4, -0.2) is 20.1 Å². The Labute approximate surface area is 55.1 Å². The number of nitrogens with two attached hydrogens (primary N) is 1. The molecule has 0 unspecified atom stereocenters. The summed E-state index contributed by atoms with van der Waals surface area (Å²) in [7, 11) is 0. The molecule has 0 saturated heterocycles. The number of nitrogen functional groups attached to an aromatic ring is 1. The molecule has 1 heterocycles. The van der Waals surface area contributed by atoms with Crippen LogP contribution in [0.25, 0.3) is 0 Å². The van der Waals surface area contributed by atoms with Crippen LogP contribution in [0, 0.1) is 10.1 Å². The summed E-state index contributed by atoms with van der Waals surface area (Å²) in [6, 6.07) is 0. The highest BCUT2D eigenvalue weighted by Crippen LogP contribution is 2.00. The van der Waals surface area contributed by atoms with Crippen molar-refractivity contribution >= 4 is 11.8 Å². The van der Waals surface area contributed by atoms with Crippen molar-refractivity contribution in [1.29, 1.82) is 0 Å². The van der Waals surface area contributed by atoms with E-state index in [2.05, 4.69) is 15.2 Å². The molecule has 0 aromatic carbocycles. The minimum absolute atomic E-state index is 0.0123. The van der Waals surface area contributed by atoms with E-state index >= 15 is 0 Å². The fraction of sp³-hybridized carbons (Fsp3) is 0. The van der Waals surface area contributed by atoms with Crippen LogP contribution in [0.5, 0.6) is 0 Å². The Morgan fingerprint density at radius 1 is 1.70 bits per heavy atom. The van der Waals surface area contributed by atoms with E-state index in [0.717, 1.165) is 6.20 Å². The second-order valence-electron chi connectivity index (χ2n) is 1.44. The highest BCUT2D eigenvalue weighted by molar-refractivity contribution is 5.24. The summed E-state index contributed by atoms with van der Waals surface area (Å²) in [5, 5.41) is 16.3. The third-order valence-corrected chi connectivity index (χ3v) is 0.730. The van der Waals surface area contributed by atoms with E-state index in [4.69, 9.17) is 5.73 Å². The summed E-state index contributed by atoms with van der Waals surface area (Å²) >= 11 is 0. The van der Waals surface area contributed by atoms with E-state index in [1.165, 1.54) is 0 Å². The summed E-state index contributed by atoms with van der Waals surface area (Å²) < 4.78 is 0. The first-order valence-corrected chi connectivity index (χ1v) is 2.30. The van der Waals surface area contributed by atoms with Gasteiger partial charge < -0.3 is 15.8 Å². The second-order valence-corrected chi connectivity index (χ2v) is 1.44. The lowest BCUT2D eigenvalue weighted by atomic mass is 10.7. The number of hydrogen-bond acceptors (Lipinski definition) is 6. The van der Waals surface area contributed by atoms with Gasteiger partial charge in [-0.15, -0.1) is 0 Å². The summed E-state index contributed by atoms with van der Waals surface area (Å²) in [6.45, 7) is 0. The van der Waals surface area contributed by atoms with E-state index in [1.807, 2.05) is 0 Å². The molecule has 0 saturated carbocycles. The third-order valence-electron chi connectivity index (χ3n) is 0.730. The quantitative estimate of drug-likeness (QED) is 0.411. The number of anilines is 1. The van der Waals surface area contributed by atoms with Crippen molar-refractivity contribution in [3.63, 3.8) is 0 Å². The van der Waals surface area contributed by atoms with Gasteiger partial charge in [0.1, 0.15) is 6.20 Å². The summed E-state index contributed by atoms with van der Waals surface area (Å²) in [4.78, 5) is 12.5. The molecule has 1 aromatic heterocycles. The molecule has 0 amide bonds. The monoisotopic (exact) mass is 141 g/mol. The number of nitro groups is 1. The average molecular weight is 141 g/mol. The molecule has 0 aliphatic carbocycles. The lowest BCUT2D eigenvalue weighted by Gasteiger charge is -1.87. The van der Waals surface area contributed by atoms with Gasteiger partial charge in [-0.1, -0.05) is 5.10 Å². The van der Waals surface area contributed by atoms with E-state index < -0.39 is 10.9 Å². The van der Waals surface area contributed by atoms with Gasteiger partial charge in [-0.2, -0.15) is 0 Å². The zero-order chi connectivity index (χ0) is 7.56. The molecule has 1 rings (SSSR count). The SMILES string of the molecule is Nc1cnnc([N+](=O)[O-])n1. The first kappa shape index (κ1) is 6.33. The zero-order valence-electron chi connectivity index (χ0n) is 4.76. The number of hydrogen-bond donors (Lipinski definition) is 1. The smallest absolute Gasteiger partial charge is 0.390 e. The Bertz CT molecular complexity index is 261. The molecule has 0 spiro atoms. The molecular formula is C3H3N5O2. The van der Waals surface area contributed by atoms with Crippen molar-refractivity contribution in [2.75, 3.05) is 5.73 Å². The maximum absolute atomic E-state index is 9.94. The molecule has 0 atom stereocenters. The maximum Gasteiger partial charge on any atom is 0.493 e. The molecule has 0 fully saturated rings. The second kappa shape index (κ2) is 2.21. The van der Waals surface area contributed by atoms with Crippen LogP contribution in [0.3, 0.4) is 0 Å². The van der Waals surface area contributed by atoms with Gasteiger partial charge >= 0.3 is 5.95 Å². The molecule has 7 nitrogen and oxygen atoms in total. The first-order chi connectivity index (χ1) is 4.70. The lowest BCUT2D eigenvalue weighted by molar-refractivity contribution is -0.394. The average Bonchev–Trinajstić information content (AvgIpc) is 1.88. The minimum atomic E-state index is -0.761. The molecule has 52 valence electrons. The van der Waals surface area contributed by atoms with Crippen molar-refractivity contribution in [3.05, 3.63) is 16.3 Å². The van der Waals surface area contributed by atoms with Crippen molar-refractivity contribution in [2.45, 2.75) is 0 Å². The molecule has 7 heteroatoms. The minimum Gasteiger partial charge on any atom is -0.390 e. The lowest BCUT2D eigenvalue weighted by Crippen LogP contribution is -2.00. The van der Waals surface area contributed by atoms with Gasteiger partial charge in [0, 0.05) is 0 Å². The topological polar surface area (TPSA) is 108 Å². The number of rotatable bonds is 1. The van der Waals surface area contributed by atoms with Crippen molar-refractivity contribution in [2.24, 2.45) is 0 Å². The molecule has 1 aromatic rings. The van der Waals surface area contributed by atoms with Crippen LogP contribution < -0.4 is 5.73 Å². The van der Waals surface area contributed by atoms with Crippen LogP contribution in [-0.2, 0) is 0 Å². The van der Waals surface area contributed by atoms with Gasteiger partial charge in [0.2, 0.25) is 5.82 Å². The standard InChI is InChI=1S/C3H3N5O2/c4-2-1-5-7-3(6-2)8(9)10/h1H,(H2,4,6,7). The highest BCUT2D eigenvalue weighted by Gasteiger charge is 2.09. The fourth-order valence-corrected chi connectivity index (χ4v) is 0.384. The van der Waals surface area contributed by atoms with Gasteiger partial charge in [0.25, 0.3) is 0 Å². The van der Waals surface area contributed by atoms with Gasteiger partial charge in [0.15, 0.2) is 0 Å². The van der Waals surface area contributed by atoms with Gasteiger partial charge in [-0.05, 0) is 9.91 Å². The molecule has 0 aliphatic heterocycles. The molecule has 10 heavy (non-hydrogen) atoms. The van der Waals surface area contributed by atoms with Crippen LogP contribution in [0.15, 0.2) is 6.20 Å². The number of aromatic nitrogens is 3. The summed E-state index contributed by atoms with van der Waals surface area (Å²) in [5.74, 6) is -0.596. The Kier molecular flexibility index (Phi) is 1.40. The van der Waals surface area contributed by atoms with E-state index in [0.29, 0.717) is 0 Å². The van der Waals surface area contributed by atoms with Crippen LogP contribution >= 0.6 is 0 Å². The van der Waals surface area contributed by atoms with E-state index in [1.54, 1.807) is 0 Å². The van der Waals surface area contributed by atoms with Crippen LogP contribution in [0.1, 0.15) is 0 Å². The Balaban J connectivity index is 3.07. The Hall–Kier alpha value is -1.79. The Morgan fingerprint density at radius 2 is 2.40 bits per heavy atom. The molecule has 0 aliphatic rings. The van der Waals surface area contributed by atoms with E-state index in [-0.39, 0.29) is 5.82 Å². The van der Waals surface area contributed by atoms with Gasteiger partial charge in [0.05, 0.1) is 5.10 Å². The summed E-state index contributed by atoms with van der Waals surface area (Å²) in [6.07, 6.45) is 1.13. The van der Waals surface area contributed by atoms with Crippen molar-refractivity contribution in [1.82, 2.24) is 15.2 Å².